The zero-order valence-electron chi connectivity index (χ0n) is 39.4. The summed E-state index contributed by atoms with van der Waals surface area (Å²) in [6.07, 6.45) is 0. The minimum absolute atomic E-state index is 1.14. The maximum absolute atomic E-state index is 2.56. The molecule has 4 heterocycles. The van der Waals surface area contributed by atoms with Crippen LogP contribution in [0.5, 0.6) is 0 Å². The molecule has 330 valence electrons. The van der Waals surface area contributed by atoms with Gasteiger partial charge >= 0.3 is 0 Å². The molecule has 0 unspecified atom stereocenters. The van der Waals surface area contributed by atoms with Gasteiger partial charge in [0.15, 0.2) is 0 Å². The van der Waals surface area contributed by atoms with Gasteiger partial charge in [-0.15, -0.1) is 0 Å². The van der Waals surface area contributed by atoms with Crippen LogP contribution in [0.1, 0.15) is 22.3 Å². The van der Waals surface area contributed by atoms with E-state index in [9.17, 15) is 0 Å². The molecule has 4 heteroatoms. The van der Waals surface area contributed by atoms with Gasteiger partial charge in [0.1, 0.15) is 0 Å². The molecule has 0 atom stereocenters. The van der Waals surface area contributed by atoms with Crippen LogP contribution in [-0.4, -0.2) is 8.80 Å². The minimum Gasteiger partial charge on any atom is -0.309 e. The molecule has 0 saturated heterocycles. The van der Waals surface area contributed by atoms with Gasteiger partial charge < -0.3 is 18.6 Å². The molecule has 0 aliphatic heterocycles. The van der Waals surface area contributed by atoms with Gasteiger partial charge in [-0.25, -0.2) is 0 Å². The summed E-state index contributed by atoms with van der Waals surface area (Å²) in [6, 6.07) is 77.4. The molecule has 0 aliphatic carbocycles. The van der Waals surface area contributed by atoms with Crippen molar-refractivity contribution in [3.63, 3.8) is 0 Å². The van der Waals surface area contributed by atoms with Crippen molar-refractivity contribution in [1.82, 2.24) is 8.80 Å². The normalized spacial score (nSPS) is 12.3. The zero-order chi connectivity index (χ0) is 46.5. The Morgan fingerprint density at radius 3 is 1.16 bits per heavy atom. The van der Waals surface area contributed by atoms with Crippen molar-refractivity contribution in [3.05, 3.63) is 229 Å². The topological polar surface area (TPSA) is 15.3 Å². The molecule has 70 heavy (non-hydrogen) atoms. The first-order valence-electron chi connectivity index (χ1n) is 24.4. The fraction of sp³-hybridized carbons (Fsp3) is 0.0606. The summed E-state index contributed by atoms with van der Waals surface area (Å²) < 4.78 is 5.11. The molecule has 0 spiro atoms. The van der Waals surface area contributed by atoms with Crippen molar-refractivity contribution in [2.24, 2.45) is 0 Å². The lowest BCUT2D eigenvalue weighted by molar-refractivity contribution is 1.25. The molecular formula is C66H46N4. The highest BCUT2D eigenvalue weighted by molar-refractivity contribution is 6.32. The summed E-state index contributed by atoms with van der Waals surface area (Å²) in [5.74, 6) is 0. The van der Waals surface area contributed by atoms with Crippen LogP contribution >= 0.6 is 0 Å². The van der Waals surface area contributed by atoms with Gasteiger partial charge in [-0.05, 0) is 144 Å². The number of fused-ring (bicyclic) bond motifs is 14. The smallest absolute Gasteiger partial charge is 0.0641 e. The highest BCUT2D eigenvalue weighted by Crippen LogP contribution is 2.52. The monoisotopic (exact) mass is 894 g/mol. The number of aryl methyl sites for hydroxylation is 4. The van der Waals surface area contributed by atoms with Crippen LogP contribution in [0.4, 0.5) is 34.1 Å². The second kappa shape index (κ2) is 14.3. The minimum atomic E-state index is 1.14. The average Bonchev–Trinajstić information content (AvgIpc) is 4.12. The molecule has 0 radical (unpaired) electrons. The summed E-state index contributed by atoms with van der Waals surface area (Å²) in [5, 5.41) is 15.0. The Morgan fingerprint density at radius 1 is 0.286 bits per heavy atom. The standard InChI is InChI=1S/C66H46N4/c1-39-21-23-41(3)59(33-39)67(47-27-25-43-13-5-7-15-45(43)35-47)57-31-29-49-53-37-62-54(38-61(53)69-55-19-11-9-17-51(55)63(57)65(49)69)50-30-32-58(64-52-18-10-12-20-56(52)70(62)66(50)64)68(60-34-40(2)22-24-42(60)4)48-28-26-44-14-6-8-16-46(44)36-48/h5-38H,1-4H3. The fourth-order valence-corrected chi connectivity index (χ4v) is 12.2. The van der Waals surface area contributed by atoms with Gasteiger partial charge in [-0.1, -0.05) is 133 Å². The number of rotatable bonds is 6. The number of benzene rings is 11. The Balaban J connectivity index is 1.02. The fourth-order valence-electron chi connectivity index (χ4n) is 12.2. The van der Waals surface area contributed by atoms with Gasteiger partial charge in [-0.2, -0.15) is 0 Å². The lowest BCUT2D eigenvalue weighted by Crippen LogP contribution is -2.12. The van der Waals surface area contributed by atoms with E-state index in [1.165, 1.54) is 143 Å². The number of aromatic nitrogens is 2. The third kappa shape index (κ3) is 5.36. The number of hydrogen-bond donors (Lipinski definition) is 0. The van der Waals surface area contributed by atoms with Crippen LogP contribution in [0.3, 0.4) is 0 Å². The van der Waals surface area contributed by atoms with E-state index >= 15 is 0 Å². The van der Waals surface area contributed by atoms with Crippen LogP contribution in [0, 0.1) is 27.7 Å². The van der Waals surface area contributed by atoms with Gasteiger partial charge in [0.25, 0.3) is 0 Å². The summed E-state index contributed by atoms with van der Waals surface area (Å²) in [6.45, 7) is 8.87. The molecule has 0 amide bonds. The first kappa shape index (κ1) is 39.2. The van der Waals surface area contributed by atoms with Gasteiger partial charge in [-0.3, -0.25) is 0 Å². The maximum Gasteiger partial charge on any atom is 0.0641 e. The molecular weight excluding hydrogens is 849 g/mol. The van der Waals surface area contributed by atoms with Crippen LogP contribution < -0.4 is 9.80 Å². The van der Waals surface area contributed by atoms with E-state index in [0.717, 1.165) is 11.4 Å². The number of hydrogen-bond acceptors (Lipinski definition) is 2. The largest absolute Gasteiger partial charge is 0.309 e. The quantitative estimate of drug-likeness (QED) is 0.165. The molecule has 11 aromatic carbocycles. The first-order chi connectivity index (χ1) is 34.4. The van der Waals surface area contributed by atoms with Crippen molar-refractivity contribution < 1.29 is 0 Å². The van der Waals surface area contributed by atoms with Crippen molar-refractivity contribution in [3.8, 4) is 0 Å². The van der Waals surface area contributed by atoms with E-state index in [1.807, 2.05) is 0 Å². The van der Waals surface area contributed by atoms with Crippen molar-refractivity contribution in [2.75, 3.05) is 9.80 Å². The van der Waals surface area contributed by atoms with E-state index in [2.05, 4.69) is 253 Å². The highest BCUT2D eigenvalue weighted by Gasteiger charge is 2.29. The summed E-state index contributed by atoms with van der Waals surface area (Å²) in [5.41, 5.74) is 19.3. The predicted molar refractivity (Wildman–Crippen MR) is 299 cm³/mol. The third-order valence-corrected chi connectivity index (χ3v) is 15.4. The van der Waals surface area contributed by atoms with Crippen LogP contribution in [0.15, 0.2) is 206 Å². The van der Waals surface area contributed by atoms with E-state index in [0.29, 0.717) is 0 Å². The third-order valence-electron chi connectivity index (χ3n) is 15.4. The van der Waals surface area contributed by atoms with Crippen LogP contribution in [-0.2, 0) is 0 Å². The Hall–Kier alpha value is -8.86. The summed E-state index contributed by atoms with van der Waals surface area (Å²) in [4.78, 5) is 5.01. The Kier molecular flexibility index (Phi) is 8.02. The Labute approximate surface area is 404 Å². The molecule has 0 bridgehead atoms. The van der Waals surface area contributed by atoms with Crippen LogP contribution in [0.25, 0.3) is 97.7 Å². The second-order valence-corrected chi connectivity index (χ2v) is 19.6. The molecule has 4 aromatic heterocycles. The highest BCUT2D eigenvalue weighted by atomic mass is 15.2. The molecule has 0 saturated carbocycles. The summed E-state index contributed by atoms with van der Waals surface area (Å²) >= 11 is 0. The number of para-hydroxylation sites is 2. The molecule has 0 fully saturated rings. The van der Waals surface area contributed by atoms with E-state index in [1.54, 1.807) is 0 Å². The van der Waals surface area contributed by atoms with Crippen LogP contribution in [0.2, 0.25) is 0 Å². The lowest BCUT2D eigenvalue weighted by atomic mass is 10.0. The zero-order valence-corrected chi connectivity index (χ0v) is 39.4. The SMILES string of the molecule is Cc1ccc(C)c(N(c2ccc3ccccc3c2)c2ccc3c4cc5c(cc4n4c6ccccc6c2c34)c2ccc(N(c3ccc4ccccc4c3)c3cc(C)ccc3C)c3c4ccccc4n5c23)c1. The molecule has 0 N–H and O–H groups in total. The molecule has 15 aromatic rings. The number of anilines is 6. The lowest BCUT2D eigenvalue weighted by Gasteiger charge is -2.28. The average molecular weight is 895 g/mol. The van der Waals surface area contributed by atoms with Crippen molar-refractivity contribution in [1.29, 1.82) is 0 Å². The van der Waals surface area contributed by atoms with Gasteiger partial charge in [0.05, 0.1) is 44.5 Å². The van der Waals surface area contributed by atoms with Gasteiger partial charge in [0.2, 0.25) is 0 Å². The second-order valence-electron chi connectivity index (χ2n) is 19.6. The number of nitrogens with zero attached hydrogens (tertiary/aromatic N) is 4. The van der Waals surface area contributed by atoms with E-state index < -0.39 is 0 Å². The molecule has 4 nitrogen and oxygen atoms in total. The first-order valence-corrected chi connectivity index (χ1v) is 24.4. The molecule has 15 rings (SSSR count). The van der Waals surface area contributed by atoms with Crippen molar-refractivity contribution in [2.45, 2.75) is 27.7 Å². The maximum atomic E-state index is 2.56. The predicted octanol–water partition coefficient (Wildman–Crippen LogP) is 18.5. The van der Waals surface area contributed by atoms with E-state index in [4.69, 9.17) is 0 Å². The van der Waals surface area contributed by atoms with Gasteiger partial charge in [0, 0.05) is 65.8 Å². The summed E-state index contributed by atoms with van der Waals surface area (Å²) in [7, 11) is 0. The van der Waals surface area contributed by atoms with Crippen molar-refractivity contribution >= 4 is 132 Å². The Morgan fingerprint density at radius 2 is 0.700 bits per heavy atom. The molecule has 0 aliphatic rings. The Bertz CT molecular complexity index is 4370. The van der Waals surface area contributed by atoms with E-state index in [-0.39, 0.29) is 0 Å².